The predicted octanol–water partition coefficient (Wildman–Crippen LogP) is 2.78. The molecule has 1 aliphatic rings. The number of carbonyl (C=O) groups is 1. The van der Waals surface area contributed by atoms with Crippen LogP contribution in [-0.2, 0) is 0 Å². The summed E-state index contributed by atoms with van der Waals surface area (Å²) in [6.45, 7) is 10.4. The largest absolute Gasteiger partial charge is 0.330 e. The van der Waals surface area contributed by atoms with E-state index >= 15 is 0 Å². The van der Waals surface area contributed by atoms with Gasteiger partial charge < -0.3 is 4.90 Å². The van der Waals surface area contributed by atoms with Crippen molar-refractivity contribution in [2.75, 3.05) is 0 Å². The minimum atomic E-state index is -0.0668. The van der Waals surface area contributed by atoms with Crippen LogP contribution in [0.1, 0.15) is 62.0 Å². The first kappa shape index (κ1) is 15.9. The smallest absolute Gasteiger partial charge is 0.294 e. The van der Waals surface area contributed by atoms with E-state index in [4.69, 9.17) is 0 Å². The lowest BCUT2D eigenvalue weighted by Gasteiger charge is -2.32. The van der Waals surface area contributed by atoms with Crippen molar-refractivity contribution in [2.24, 2.45) is 5.92 Å². The monoisotopic (exact) mass is 315 g/mol. The summed E-state index contributed by atoms with van der Waals surface area (Å²) in [6.07, 6.45) is 3.21. The Balaban J connectivity index is 1.96. The highest BCUT2D eigenvalue weighted by Gasteiger charge is 2.39. The highest BCUT2D eigenvalue weighted by molar-refractivity contribution is 5.91. The lowest BCUT2D eigenvalue weighted by atomic mass is 9.99. The fourth-order valence-corrected chi connectivity index (χ4v) is 3.02. The van der Waals surface area contributed by atoms with Crippen molar-refractivity contribution in [1.29, 1.82) is 0 Å². The number of fused-ring (bicyclic) bond motifs is 1. The van der Waals surface area contributed by atoms with Gasteiger partial charge in [0.15, 0.2) is 0 Å². The zero-order chi connectivity index (χ0) is 16.7. The van der Waals surface area contributed by atoms with Crippen LogP contribution in [0, 0.1) is 19.8 Å². The van der Waals surface area contributed by atoms with Gasteiger partial charge in [-0.05, 0) is 45.6 Å². The average molecular weight is 315 g/mol. The van der Waals surface area contributed by atoms with E-state index in [0.717, 1.165) is 30.7 Å². The van der Waals surface area contributed by atoms with Crippen molar-refractivity contribution >= 4 is 11.7 Å². The van der Waals surface area contributed by atoms with Crippen LogP contribution < -0.4 is 0 Å². The molecule has 6 nitrogen and oxygen atoms in total. The lowest BCUT2D eigenvalue weighted by molar-refractivity contribution is 0.0603. The molecule has 1 fully saturated rings. The van der Waals surface area contributed by atoms with Crippen LogP contribution in [0.5, 0.6) is 0 Å². The maximum atomic E-state index is 13.0. The fourth-order valence-electron chi connectivity index (χ4n) is 3.02. The molecule has 0 bridgehead atoms. The summed E-state index contributed by atoms with van der Waals surface area (Å²) < 4.78 is 1.65. The average Bonchev–Trinajstić information content (AvgIpc) is 3.24. The standard InChI is InChI=1S/C17H25N5O/c1-6-10(2)13(5)21(14-7-8-14)16(23)15-19-17-18-11(3)9-12(4)22(17)20-15/h9-10,13-14H,6-8H2,1-5H3/t10-,13-/m1/s1. The Kier molecular flexibility index (Phi) is 4.08. The van der Waals surface area contributed by atoms with Crippen LogP contribution >= 0.6 is 0 Å². The highest BCUT2D eigenvalue weighted by atomic mass is 16.2. The number of carbonyl (C=O) groups excluding carboxylic acids is 1. The van der Waals surface area contributed by atoms with Gasteiger partial charge in [-0.3, -0.25) is 4.79 Å². The maximum absolute atomic E-state index is 13.0. The first-order chi connectivity index (χ1) is 10.9. The second-order valence-corrected chi connectivity index (χ2v) is 6.76. The van der Waals surface area contributed by atoms with Gasteiger partial charge in [-0.1, -0.05) is 20.3 Å². The third kappa shape index (κ3) is 2.94. The summed E-state index contributed by atoms with van der Waals surface area (Å²) in [6, 6.07) is 2.48. The number of aryl methyl sites for hydroxylation is 2. The molecule has 2 aromatic rings. The minimum Gasteiger partial charge on any atom is -0.330 e. The van der Waals surface area contributed by atoms with Crippen molar-refractivity contribution in [3.05, 3.63) is 23.3 Å². The highest BCUT2D eigenvalue weighted by Crippen LogP contribution is 2.32. The van der Waals surface area contributed by atoms with Crippen molar-refractivity contribution in [3.63, 3.8) is 0 Å². The summed E-state index contributed by atoms with van der Waals surface area (Å²) in [4.78, 5) is 23.8. The van der Waals surface area contributed by atoms with Crippen LogP contribution in [-0.4, -0.2) is 42.5 Å². The zero-order valence-electron chi connectivity index (χ0n) is 14.6. The van der Waals surface area contributed by atoms with Gasteiger partial charge in [-0.2, -0.15) is 4.98 Å². The summed E-state index contributed by atoms with van der Waals surface area (Å²) in [5.74, 6) is 1.15. The van der Waals surface area contributed by atoms with Gasteiger partial charge in [-0.15, -0.1) is 5.10 Å². The molecule has 1 amide bonds. The SMILES string of the molecule is CC[C@@H](C)[C@@H](C)N(C(=O)c1nc2nc(C)cc(C)n2n1)C1CC1. The van der Waals surface area contributed by atoms with Gasteiger partial charge in [0.05, 0.1) is 0 Å². The van der Waals surface area contributed by atoms with Crippen molar-refractivity contribution < 1.29 is 4.79 Å². The molecule has 0 saturated heterocycles. The van der Waals surface area contributed by atoms with E-state index in [-0.39, 0.29) is 17.8 Å². The van der Waals surface area contributed by atoms with Crippen LogP contribution in [0.2, 0.25) is 0 Å². The number of hydrogen-bond acceptors (Lipinski definition) is 4. The summed E-state index contributed by atoms with van der Waals surface area (Å²) in [5.41, 5.74) is 1.82. The molecule has 1 saturated carbocycles. The molecule has 0 aromatic carbocycles. The molecule has 0 spiro atoms. The quantitative estimate of drug-likeness (QED) is 0.851. The van der Waals surface area contributed by atoms with E-state index < -0.39 is 0 Å². The fraction of sp³-hybridized carbons (Fsp3) is 0.647. The third-order valence-electron chi connectivity index (χ3n) is 4.89. The van der Waals surface area contributed by atoms with E-state index in [1.54, 1.807) is 4.52 Å². The topological polar surface area (TPSA) is 63.4 Å². The Hall–Kier alpha value is -1.98. The molecule has 1 aliphatic carbocycles. The number of aromatic nitrogens is 4. The summed E-state index contributed by atoms with van der Waals surface area (Å²) >= 11 is 0. The molecule has 6 heteroatoms. The molecule has 23 heavy (non-hydrogen) atoms. The second kappa shape index (κ2) is 5.91. The predicted molar refractivity (Wildman–Crippen MR) is 88.4 cm³/mol. The Labute approximate surface area is 136 Å². The van der Waals surface area contributed by atoms with Crippen LogP contribution in [0.25, 0.3) is 5.78 Å². The van der Waals surface area contributed by atoms with Gasteiger partial charge in [0.25, 0.3) is 11.7 Å². The molecule has 3 rings (SSSR count). The number of amides is 1. The number of nitrogens with zero attached hydrogens (tertiary/aromatic N) is 5. The van der Waals surface area contributed by atoms with Crippen LogP contribution in [0.4, 0.5) is 0 Å². The molecule has 2 atom stereocenters. The molecule has 0 aliphatic heterocycles. The minimum absolute atomic E-state index is 0.0668. The Morgan fingerprint density at radius 1 is 1.35 bits per heavy atom. The summed E-state index contributed by atoms with van der Waals surface area (Å²) in [7, 11) is 0. The van der Waals surface area contributed by atoms with Crippen molar-refractivity contribution in [3.8, 4) is 0 Å². The van der Waals surface area contributed by atoms with Crippen LogP contribution in [0.15, 0.2) is 6.07 Å². The van der Waals surface area contributed by atoms with Crippen molar-refractivity contribution in [1.82, 2.24) is 24.5 Å². The first-order valence-electron chi connectivity index (χ1n) is 8.46. The second-order valence-electron chi connectivity index (χ2n) is 6.76. The summed E-state index contributed by atoms with van der Waals surface area (Å²) in [5, 5.41) is 4.40. The van der Waals surface area contributed by atoms with E-state index in [2.05, 4.69) is 35.8 Å². The number of hydrogen-bond donors (Lipinski definition) is 0. The van der Waals surface area contributed by atoms with Gasteiger partial charge in [0, 0.05) is 23.5 Å². The van der Waals surface area contributed by atoms with E-state index in [1.165, 1.54) is 0 Å². The Bertz CT molecular complexity index is 734. The van der Waals surface area contributed by atoms with Crippen molar-refractivity contribution in [2.45, 2.75) is 66.0 Å². The molecule has 0 unspecified atom stereocenters. The van der Waals surface area contributed by atoms with Gasteiger partial charge in [-0.25, -0.2) is 9.50 Å². The molecule has 0 radical (unpaired) electrons. The number of rotatable bonds is 5. The van der Waals surface area contributed by atoms with E-state index in [9.17, 15) is 4.79 Å². The Morgan fingerprint density at radius 3 is 2.65 bits per heavy atom. The molecule has 0 N–H and O–H groups in total. The van der Waals surface area contributed by atoms with E-state index in [0.29, 0.717) is 17.7 Å². The van der Waals surface area contributed by atoms with Gasteiger partial charge in [0.2, 0.25) is 5.82 Å². The molecule has 2 aromatic heterocycles. The molecular weight excluding hydrogens is 290 g/mol. The Morgan fingerprint density at radius 2 is 2.04 bits per heavy atom. The molecular formula is C17H25N5O. The normalized spacial score (nSPS) is 17.3. The maximum Gasteiger partial charge on any atom is 0.294 e. The third-order valence-corrected chi connectivity index (χ3v) is 4.89. The first-order valence-corrected chi connectivity index (χ1v) is 8.46. The van der Waals surface area contributed by atoms with Crippen LogP contribution in [0.3, 0.4) is 0 Å². The molecule has 124 valence electrons. The molecule has 2 heterocycles. The zero-order valence-corrected chi connectivity index (χ0v) is 14.6. The van der Waals surface area contributed by atoms with E-state index in [1.807, 2.05) is 24.8 Å². The van der Waals surface area contributed by atoms with Gasteiger partial charge >= 0.3 is 0 Å². The lowest BCUT2D eigenvalue weighted by Crippen LogP contribution is -2.44. The van der Waals surface area contributed by atoms with Gasteiger partial charge in [0.1, 0.15) is 0 Å².